The second-order valence-electron chi connectivity index (χ2n) is 13.8. The molecule has 0 atom stereocenters. The van der Waals surface area contributed by atoms with Crippen LogP contribution in [0.4, 0.5) is 10.5 Å². The highest BCUT2D eigenvalue weighted by atomic mass is 16.6. The highest BCUT2D eigenvalue weighted by Gasteiger charge is 2.41. The molecule has 2 aliphatic heterocycles. The molecule has 2 fully saturated rings. The first-order valence-corrected chi connectivity index (χ1v) is 15.7. The molecule has 43 heavy (non-hydrogen) atoms. The number of carbonyl (C=O) groups excluding carboxylic acids is 2. The van der Waals surface area contributed by atoms with Crippen LogP contribution in [0.2, 0.25) is 0 Å². The zero-order valence-corrected chi connectivity index (χ0v) is 26.3. The first-order chi connectivity index (χ1) is 20.4. The average Bonchev–Trinajstić information content (AvgIpc) is 3.39. The Labute approximate surface area is 254 Å². The number of aryl methyl sites for hydroxylation is 1. The molecule has 8 nitrogen and oxygen atoms in total. The largest absolute Gasteiger partial charge is 0.444 e. The van der Waals surface area contributed by atoms with E-state index in [2.05, 4.69) is 53.8 Å². The molecule has 0 radical (unpaired) electrons. The molecule has 0 saturated carbocycles. The zero-order chi connectivity index (χ0) is 30.7. The molecule has 6 rings (SSSR count). The highest BCUT2D eigenvalue weighted by molar-refractivity contribution is 6.20. The Morgan fingerprint density at radius 2 is 1.77 bits per heavy atom. The van der Waals surface area contributed by atoms with Gasteiger partial charge in [0, 0.05) is 78.6 Å². The van der Waals surface area contributed by atoms with Crippen molar-refractivity contribution in [1.29, 1.82) is 5.26 Å². The monoisotopic (exact) mass is 581 g/mol. The van der Waals surface area contributed by atoms with Gasteiger partial charge in [0.15, 0.2) is 5.78 Å². The molecule has 2 aromatic carbocycles. The summed E-state index contributed by atoms with van der Waals surface area (Å²) in [6.45, 7) is 17.4. The lowest BCUT2D eigenvalue weighted by atomic mass is 9.70. The molecule has 3 aromatic rings. The molecule has 1 N–H and O–H groups in total. The van der Waals surface area contributed by atoms with E-state index in [1.54, 1.807) is 6.07 Å². The Bertz CT molecular complexity index is 1620. The summed E-state index contributed by atoms with van der Waals surface area (Å²) >= 11 is 0. The number of H-pyrrole nitrogens is 1. The third-order valence-electron chi connectivity index (χ3n) is 9.58. The SMILES string of the molecule is CCc1cc2c(cc1N1CCC(N3CCN(C(=O)OC(C)(C)C)CC3)CC1)C(C)(C)c1[nH]c3cc(C#N)ccc3c1C2=O. The Morgan fingerprint density at radius 3 is 2.40 bits per heavy atom. The van der Waals surface area contributed by atoms with Gasteiger partial charge in [-0.25, -0.2) is 4.79 Å². The van der Waals surface area contributed by atoms with Gasteiger partial charge in [0.05, 0.1) is 17.2 Å². The van der Waals surface area contributed by atoms with Crippen molar-refractivity contribution in [3.8, 4) is 6.07 Å². The average molecular weight is 582 g/mol. The van der Waals surface area contributed by atoms with Crippen molar-refractivity contribution in [3.05, 3.63) is 63.8 Å². The number of benzene rings is 2. The number of hydrogen-bond acceptors (Lipinski definition) is 6. The van der Waals surface area contributed by atoms with Crippen LogP contribution in [0.15, 0.2) is 30.3 Å². The quantitative estimate of drug-likeness (QED) is 0.408. The number of anilines is 1. The summed E-state index contributed by atoms with van der Waals surface area (Å²) in [5, 5.41) is 10.3. The van der Waals surface area contributed by atoms with Crippen LogP contribution in [-0.4, -0.2) is 77.6 Å². The van der Waals surface area contributed by atoms with E-state index in [1.807, 2.05) is 37.8 Å². The molecule has 1 amide bonds. The van der Waals surface area contributed by atoms with E-state index < -0.39 is 11.0 Å². The van der Waals surface area contributed by atoms with Crippen molar-refractivity contribution >= 4 is 28.5 Å². The van der Waals surface area contributed by atoms with Crippen molar-refractivity contribution in [2.24, 2.45) is 0 Å². The van der Waals surface area contributed by atoms with Gasteiger partial charge in [-0.05, 0) is 75.4 Å². The Morgan fingerprint density at radius 1 is 1.07 bits per heavy atom. The third-order valence-corrected chi connectivity index (χ3v) is 9.58. The molecule has 0 unspecified atom stereocenters. The topological polar surface area (TPSA) is 92.7 Å². The number of nitrogens with one attached hydrogen (secondary N) is 1. The second kappa shape index (κ2) is 10.7. The minimum atomic E-state index is -0.475. The van der Waals surface area contributed by atoms with Crippen LogP contribution in [0.25, 0.3) is 10.9 Å². The maximum Gasteiger partial charge on any atom is 0.410 e. The van der Waals surface area contributed by atoms with Gasteiger partial charge in [-0.2, -0.15) is 5.26 Å². The van der Waals surface area contributed by atoms with Gasteiger partial charge in [-0.3, -0.25) is 9.69 Å². The Kier molecular flexibility index (Phi) is 7.29. The van der Waals surface area contributed by atoms with Crippen LogP contribution in [0.3, 0.4) is 0 Å². The van der Waals surface area contributed by atoms with E-state index in [0.29, 0.717) is 24.7 Å². The minimum absolute atomic E-state index is 0.0609. The van der Waals surface area contributed by atoms with Crippen molar-refractivity contribution in [1.82, 2.24) is 14.8 Å². The summed E-state index contributed by atoms with van der Waals surface area (Å²) in [7, 11) is 0. The van der Waals surface area contributed by atoms with E-state index in [9.17, 15) is 14.9 Å². The van der Waals surface area contributed by atoms with Gasteiger partial charge in [0.1, 0.15) is 5.60 Å². The summed E-state index contributed by atoms with van der Waals surface area (Å²) in [5.74, 6) is 0.0609. The van der Waals surface area contributed by atoms with Crippen LogP contribution in [0.5, 0.6) is 0 Å². The van der Waals surface area contributed by atoms with Gasteiger partial charge >= 0.3 is 6.09 Å². The molecular weight excluding hydrogens is 538 g/mol. The number of amides is 1. The van der Waals surface area contributed by atoms with E-state index >= 15 is 0 Å². The Balaban J connectivity index is 1.20. The molecule has 226 valence electrons. The number of piperazine rings is 1. The number of aromatic nitrogens is 1. The number of fused-ring (bicyclic) bond motifs is 4. The van der Waals surface area contributed by atoms with Gasteiger partial charge in [-0.15, -0.1) is 0 Å². The summed E-state index contributed by atoms with van der Waals surface area (Å²) in [6.07, 6.45) is 2.79. The van der Waals surface area contributed by atoms with Crippen LogP contribution in [-0.2, 0) is 16.6 Å². The van der Waals surface area contributed by atoms with Crippen LogP contribution < -0.4 is 4.90 Å². The fourth-order valence-electron chi connectivity index (χ4n) is 7.22. The molecule has 0 bridgehead atoms. The molecule has 3 aliphatic rings. The predicted molar refractivity (Wildman–Crippen MR) is 169 cm³/mol. The lowest BCUT2D eigenvalue weighted by Crippen LogP contribution is -2.55. The van der Waals surface area contributed by atoms with Gasteiger partial charge in [-0.1, -0.05) is 26.8 Å². The third kappa shape index (κ3) is 5.18. The predicted octanol–water partition coefficient (Wildman–Crippen LogP) is 5.99. The minimum Gasteiger partial charge on any atom is -0.444 e. The van der Waals surface area contributed by atoms with Gasteiger partial charge < -0.3 is 19.5 Å². The lowest BCUT2D eigenvalue weighted by Gasteiger charge is -2.44. The molecule has 2 saturated heterocycles. The maximum atomic E-state index is 14.0. The highest BCUT2D eigenvalue weighted by Crippen LogP contribution is 2.46. The van der Waals surface area contributed by atoms with Crippen molar-refractivity contribution in [2.75, 3.05) is 44.2 Å². The smallest absolute Gasteiger partial charge is 0.410 e. The summed E-state index contributed by atoms with van der Waals surface area (Å²) < 4.78 is 5.57. The number of nitriles is 1. The van der Waals surface area contributed by atoms with Crippen LogP contribution in [0.1, 0.15) is 92.7 Å². The maximum absolute atomic E-state index is 14.0. The number of rotatable bonds is 3. The number of carbonyl (C=O) groups is 2. The first kappa shape index (κ1) is 29.3. The standard InChI is InChI=1S/C35H43N5O3/c1-7-23-19-26-27(35(5,6)32-30(31(26)41)25-9-8-22(21-36)18-28(25)37-32)20-29(23)39-12-10-24(11-13-39)38-14-16-40(17-15-38)33(42)43-34(2,3)4/h8-9,18-20,24,37H,7,10-17H2,1-6H3. The van der Waals surface area contributed by atoms with E-state index in [4.69, 9.17) is 4.74 Å². The fraction of sp³-hybridized carbons (Fsp3) is 0.514. The molecule has 3 heterocycles. The summed E-state index contributed by atoms with van der Waals surface area (Å²) in [4.78, 5) is 36.9. The molecular formula is C35H43N5O3. The Hall–Kier alpha value is -3.83. The lowest BCUT2D eigenvalue weighted by molar-refractivity contribution is 0.00901. The van der Waals surface area contributed by atoms with E-state index in [0.717, 1.165) is 78.7 Å². The fourth-order valence-corrected chi connectivity index (χ4v) is 7.22. The molecule has 8 heteroatoms. The van der Waals surface area contributed by atoms with Crippen molar-refractivity contribution in [3.63, 3.8) is 0 Å². The number of aromatic amines is 1. The normalized spacial score (nSPS) is 19.2. The van der Waals surface area contributed by atoms with Crippen LogP contribution in [0, 0.1) is 11.3 Å². The van der Waals surface area contributed by atoms with Crippen LogP contribution >= 0.6 is 0 Å². The van der Waals surface area contributed by atoms with E-state index in [-0.39, 0.29) is 11.9 Å². The number of ketones is 1. The molecule has 0 spiro atoms. The van der Waals surface area contributed by atoms with Crippen molar-refractivity contribution in [2.45, 2.75) is 77.9 Å². The number of nitrogens with zero attached hydrogens (tertiary/aromatic N) is 4. The summed E-state index contributed by atoms with van der Waals surface area (Å²) in [5.41, 5.74) is 6.51. The number of hydrogen-bond donors (Lipinski definition) is 1. The zero-order valence-electron chi connectivity index (χ0n) is 26.3. The number of ether oxygens (including phenoxy) is 1. The van der Waals surface area contributed by atoms with Crippen molar-refractivity contribution < 1.29 is 14.3 Å². The summed E-state index contributed by atoms with van der Waals surface area (Å²) in [6, 6.07) is 12.7. The van der Waals surface area contributed by atoms with Gasteiger partial charge in [0.25, 0.3) is 0 Å². The second-order valence-corrected chi connectivity index (χ2v) is 13.8. The molecule has 1 aliphatic carbocycles. The number of piperidine rings is 1. The van der Waals surface area contributed by atoms with Gasteiger partial charge in [0.2, 0.25) is 0 Å². The molecule has 1 aromatic heterocycles. The first-order valence-electron chi connectivity index (χ1n) is 15.7. The van der Waals surface area contributed by atoms with E-state index in [1.165, 1.54) is 11.3 Å².